The number of H-pyrrole nitrogens is 1. The van der Waals surface area contributed by atoms with Gasteiger partial charge in [-0.05, 0) is 0 Å². The Morgan fingerprint density at radius 2 is 1.15 bits per heavy atom. The maximum Gasteiger partial charge on any atom is 0.277 e. The molecule has 2 aromatic heterocycles. The molecule has 0 unspecified atom stereocenters. The first-order chi connectivity index (χ1) is 9.22. The molecule has 0 bridgehead atoms. The minimum absolute atomic E-state index is 0.0308. The summed E-state index contributed by atoms with van der Waals surface area (Å²) in [5.41, 5.74) is 36.1. The SMILES string of the molecule is Nc1nc(N)c(N)c(=O)[nH]1.Nc1nc(N)c(N)c(N)n1. The van der Waals surface area contributed by atoms with E-state index < -0.39 is 5.56 Å². The van der Waals surface area contributed by atoms with Gasteiger partial charge in [-0.3, -0.25) is 9.78 Å². The molecule has 0 saturated heterocycles. The number of nitrogens with two attached hydrogens (primary N) is 7. The number of anilines is 7. The predicted molar refractivity (Wildman–Crippen MR) is 77.8 cm³/mol. The highest BCUT2D eigenvalue weighted by molar-refractivity contribution is 5.71. The summed E-state index contributed by atoms with van der Waals surface area (Å²) in [6.07, 6.45) is 0. The van der Waals surface area contributed by atoms with E-state index in [1.807, 2.05) is 0 Å². The summed E-state index contributed by atoms with van der Waals surface area (Å²) in [5, 5.41) is 0. The van der Waals surface area contributed by atoms with Crippen molar-refractivity contribution >= 4 is 40.7 Å². The number of nitrogens with one attached hydrogen (secondary N) is 1. The van der Waals surface area contributed by atoms with Crippen LogP contribution in [-0.2, 0) is 0 Å². The fraction of sp³-hybridized carbons (Fsp3) is 0. The fourth-order valence-electron chi connectivity index (χ4n) is 1.04. The zero-order valence-corrected chi connectivity index (χ0v) is 10.3. The van der Waals surface area contributed by atoms with Crippen molar-refractivity contribution in [2.24, 2.45) is 0 Å². The van der Waals surface area contributed by atoms with E-state index in [0.29, 0.717) is 0 Å². The molecule has 0 aliphatic rings. The summed E-state index contributed by atoms with van der Waals surface area (Å²) in [7, 11) is 0. The average Bonchev–Trinajstić information content (AvgIpc) is 2.33. The number of rotatable bonds is 0. The first-order valence-corrected chi connectivity index (χ1v) is 5.07. The smallest absolute Gasteiger partial charge is 0.277 e. The summed E-state index contributed by atoms with van der Waals surface area (Å²) in [6, 6.07) is 0. The lowest BCUT2D eigenvalue weighted by Crippen LogP contribution is -2.17. The quantitative estimate of drug-likeness (QED) is 0.246. The Bertz CT molecular complexity index is 656. The van der Waals surface area contributed by atoms with Crippen LogP contribution in [0.25, 0.3) is 0 Å². The lowest BCUT2D eigenvalue weighted by molar-refractivity contribution is 1.15. The first-order valence-electron chi connectivity index (χ1n) is 5.07. The van der Waals surface area contributed by atoms with Crippen molar-refractivity contribution in [3.63, 3.8) is 0 Å². The van der Waals surface area contributed by atoms with Gasteiger partial charge in [0.05, 0.1) is 0 Å². The normalized spacial score (nSPS) is 9.60. The van der Waals surface area contributed by atoms with Crippen LogP contribution in [0.3, 0.4) is 0 Å². The van der Waals surface area contributed by atoms with Crippen LogP contribution in [0.4, 0.5) is 40.7 Å². The summed E-state index contributed by atoms with van der Waals surface area (Å²) in [6.45, 7) is 0. The van der Waals surface area contributed by atoms with Gasteiger partial charge >= 0.3 is 0 Å². The predicted octanol–water partition coefficient (Wildman–Crippen LogP) is -2.68. The van der Waals surface area contributed by atoms with E-state index in [-0.39, 0.29) is 40.7 Å². The molecule has 108 valence electrons. The van der Waals surface area contributed by atoms with E-state index in [9.17, 15) is 4.79 Å². The molecular weight excluding hydrogens is 266 g/mol. The van der Waals surface area contributed by atoms with Crippen molar-refractivity contribution in [2.75, 3.05) is 40.1 Å². The van der Waals surface area contributed by atoms with Crippen LogP contribution in [0.1, 0.15) is 0 Å². The second-order valence-corrected chi connectivity index (χ2v) is 3.52. The van der Waals surface area contributed by atoms with Crippen LogP contribution < -0.4 is 45.7 Å². The maximum absolute atomic E-state index is 10.7. The Hall–Kier alpha value is -3.44. The Morgan fingerprint density at radius 1 is 0.700 bits per heavy atom. The van der Waals surface area contributed by atoms with Crippen LogP contribution in [-0.4, -0.2) is 19.9 Å². The molecular formula is C8H15N11O. The largest absolute Gasteiger partial charge is 0.393 e. The van der Waals surface area contributed by atoms with Gasteiger partial charge in [0, 0.05) is 0 Å². The minimum atomic E-state index is -0.509. The molecule has 0 spiro atoms. The zero-order chi connectivity index (χ0) is 15.4. The Morgan fingerprint density at radius 3 is 1.60 bits per heavy atom. The molecule has 15 N–H and O–H groups in total. The van der Waals surface area contributed by atoms with Crippen LogP contribution in [0.2, 0.25) is 0 Å². The third-order valence-corrected chi connectivity index (χ3v) is 2.02. The van der Waals surface area contributed by atoms with Crippen molar-refractivity contribution in [3.05, 3.63) is 10.4 Å². The minimum Gasteiger partial charge on any atom is -0.393 e. The van der Waals surface area contributed by atoms with Gasteiger partial charge in [-0.2, -0.15) is 15.0 Å². The number of nitrogen functional groups attached to an aromatic ring is 7. The summed E-state index contributed by atoms with van der Waals surface area (Å²) in [4.78, 5) is 23.5. The topological polar surface area (TPSA) is 254 Å². The monoisotopic (exact) mass is 281 g/mol. The number of aromatic amines is 1. The second-order valence-electron chi connectivity index (χ2n) is 3.52. The Kier molecular flexibility index (Phi) is 4.00. The molecule has 0 amide bonds. The zero-order valence-electron chi connectivity index (χ0n) is 10.3. The summed E-state index contributed by atoms with van der Waals surface area (Å²) < 4.78 is 0. The second kappa shape index (κ2) is 5.47. The van der Waals surface area contributed by atoms with Gasteiger partial charge in [-0.1, -0.05) is 0 Å². The molecule has 0 atom stereocenters. The third-order valence-electron chi connectivity index (χ3n) is 2.02. The molecule has 0 aromatic carbocycles. The maximum atomic E-state index is 10.7. The highest BCUT2D eigenvalue weighted by atomic mass is 16.1. The van der Waals surface area contributed by atoms with Gasteiger partial charge in [0.15, 0.2) is 17.5 Å². The van der Waals surface area contributed by atoms with Gasteiger partial charge in [0.2, 0.25) is 11.9 Å². The van der Waals surface area contributed by atoms with E-state index in [0.717, 1.165) is 0 Å². The highest BCUT2D eigenvalue weighted by Gasteiger charge is 2.02. The highest BCUT2D eigenvalue weighted by Crippen LogP contribution is 2.17. The number of hydrogen-bond acceptors (Lipinski definition) is 11. The molecule has 20 heavy (non-hydrogen) atoms. The van der Waals surface area contributed by atoms with Gasteiger partial charge in [-0.25, -0.2) is 0 Å². The molecule has 12 heteroatoms. The van der Waals surface area contributed by atoms with Crippen molar-refractivity contribution in [2.45, 2.75) is 0 Å². The standard InChI is InChI=1S/C4H8N6.C4H7N5O/c5-1-2(6)9-4(8)10-3(1)7;5-1-2(6)8-4(7)9-3(1)10/h5H2,(H6,6,7,8,9,10);5H2,(H5,6,7,8,9,10). The molecule has 0 aliphatic heterocycles. The molecule has 2 heterocycles. The molecule has 2 aromatic rings. The fourth-order valence-corrected chi connectivity index (χ4v) is 1.04. The van der Waals surface area contributed by atoms with Gasteiger partial charge < -0.3 is 40.1 Å². The van der Waals surface area contributed by atoms with Gasteiger partial charge in [-0.15, -0.1) is 0 Å². The van der Waals surface area contributed by atoms with E-state index in [2.05, 4.69) is 19.9 Å². The van der Waals surface area contributed by atoms with Gasteiger partial charge in [0.25, 0.3) is 5.56 Å². The summed E-state index contributed by atoms with van der Waals surface area (Å²) >= 11 is 0. The molecule has 12 nitrogen and oxygen atoms in total. The van der Waals surface area contributed by atoms with Gasteiger partial charge in [0.1, 0.15) is 11.4 Å². The van der Waals surface area contributed by atoms with E-state index >= 15 is 0 Å². The van der Waals surface area contributed by atoms with Crippen molar-refractivity contribution in [1.82, 2.24) is 19.9 Å². The lowest BCUT2D eigenvalue weighted by atomic mass is 10.4. The average molecular weight is 281 g/mol. The number of aromatic nitrogens is 4. The van der Waals surface area contributed by atoms with E-state index in [1.54, 1.807) is 0 Å². The molecule has 0 fully saturated rings. The Labute approximate surface area is 112 Å². The third kappa shape index (κ3) is 3.28. The van der Waals surface area contributed by atoms with Crippen LogP contribution in [0, 0.1) is 0 Å². The molecule has 2 rings (SSSR count). The van der Waals surface area contributed by atoms with Crippen molar-refractivity contribution in [3.8, 4) is 0 Å². The van der Waals surface area contributed by atoms with Crippen LogP contribution in [0.5, 0.6) is 0 Å². The molecule has 0 aliphatic carbocycles. The number of nitrogens with zero attached hydrogens (tertiary/aromatic N) is 3. The summed E-state index contributed by atoms with van der Waals surface area (Å²) in [5.74, 6) is 0.192. The Balaban J connectivity index is 0.000000200. The van der Waals surface area contributed by atoms with Crippen LogP contribution in [0.15, 0.2) is 4.79 Å². The number of hydrogen-bond donors (Lipinski definition) is 8. The van der Waals surface area contributed by atoms with Crippen molar-refractivity contribution in [1.29, 1.82) is 0 Å². The van der Waals surface area contributed by atoms with Crippen molar-refractivity contribution < 1.29 is 0 Å². The van der Waals surface area contributed by atoms with E-state index in [4.69, 9.17) is 40.1 Å². The molecule has 0 radical (unpaired) electrons. The van der Waals surface area contributed by atoms with Crippen LogP contribution >= 0.6 is 0 Å². The van der Waals surface area contributed by atoms with E-state index in [1.165, 1.54) is 0 Å². The first kappa shape index (κ1) is 14.6. The molecule has 0 saturated carbocycles. The lowest BCUT2D eigenvalue weighted by Gasteiger charge is -2.01.